The highest BCUT2D eigenvalue weighted by Gasteiger charge is 2.26. The van der Waals surface area contributed by atoms with E-state index in [1.165, 1.54) is 12.1 Å². The van der Waals surface area contributed by atoms with Crippen molar-refractivity contribution in [3.8, 4) is 11.5 Å². The Morgan fingerprint density at radius 3 is 2.67 bits per heavy atom. The largest absolute Gasteiger partial charge is 0.355 e. The van der Waals surface area contributed by atoms with Gasteiger partial charge in [-0.1, -0.05) is 0 Å². The molecule has 11 heteroatoms. The molecule has 1 fully saturated rings. The van der Waals surface area contributed by atoms with Crippen molar-refractivity contribution >= 4 is 11.8 Å². The quantitative estimate of drug-likeness (QED) is 0.483. The van der Waals surface area contributed by atoms with Gasteiger partial charge in [0.15, 0.2) is 17.5 Å². The third-order valence-electron chi connectivity index (χ3n) is 6.28. The Bertz CT molecular complexity index is 1260. The number of nitrogens with one attached hydrogen (secondary N) is 2. The Balaban J connectivity index is 1.14. The molecule has 2 aliphatic rings. The average Bonchev–Trinajstić information content (AvgIpc) is 3.59. The maximum atomic E-state index is 13.5. The molecular weight excluding hydrogens is 428 g/mol. The van der Waals surface area contributed by atoms with Crippen molar-refractivity contribution < 1.29 is 8.78 Å². The molecule has 0 spiro atoms. The summed E-state index contributed by atoms with van der Waals surface area (Å²) in [6, 6.07) is 4.61. The predicted molar refractivity (Wildman–Crippen MR) is 117 cm³/mol. The highest BCUT2D eigenvalue weighted by atomic mass is 19.2. The minimum Gasteiger partial charge on any atom is -0.355 e. The number of hydrogen-bond donors (Lipinski definition) is 2. The maximum Gasteiger partial charge on any atom is 0.223 e. The molecule has 168 valence electrons. The Kier molecular flexibility index (Phi) is 4.74. The molecule has 0 amide bonds. The van der Waals surface area contributed by atoms with Crippen LogP contribution in [0.5, 0.6) is 0 Å². The lowest BCUT2D eigenvalue weighted by Gasteiger charge is -2.16. The molecule has 1 unspecified atom stereocenters. The van der Waals surface area contributed by atoms with E-state index in [0.717, 1.165) is 36.5 Å². The van der Waals surface area contributed by atoms with Gasteiger partial charge in [-0.3, -0.25) is 0 Å². The Hall–Kier alpha value is -3.89. The fraction of sp³-hybridized carbons (Fsp3) is 0.318. The van der Waals surface area contributed by atoms with Crippen LogP contribution in [0.3, 0.4) is 0 Å². The van der Waals surface area contributed by atoms with Gasteiger partial charge in [-0.25, -0.2) is 33.4 Å². The monoisotopic (exact) mass is 449 g/mol. The van der Waals surface area contributed by atoms with Crippen molar-refractivity contribution in [1.82, 2.24) is 34.7 Å². The average molecular weight is 449 g/mol. The molecule has 1 aliphatic carbocycles. The molecule has 2 N–H and O–H groups in total. The van der Waals surface area contributed by atoms with Crippen molar-refractivity contribution in [3.63, 3.8) is 0 Å². The van der Waals surface area contributed by atoms with Crippen molar-refractivity contribution in [2.45, 2.75) is 31.3 Å². The summed E-state index contributed by atoms with van der Waals surface area (Å²) in [4.78, 5) is 23.0. The lowest BCUT2D eigenvalue weighted by Crippen LogP contribution is -2.21. The first kappa shape index (κ1) is 19.8. The number of halogens is 2. The number of fused-ring (bicyclic) bond motifs is 1. The second kappa shape index (κ2) is 7.91. The first-order chi connectivity index (χ1) is 16.1. The topological polar surface area (TPSA) is 100 Å². The van der Waals surface area contributed by atoms with Gasteiger partial charge in [-0.2, -0.15) is 5.10 Å². The van der Waals surface area contributed by atoms with Gasteiger partial charge < -0.3 is 15.2 Å². The van der Waals surface area contributed by atoms with Crippen LogP contribution in [0.15, 0.2) is 43.2 Å². The van der Waals surface area contributed by atoms with Crippen LogP contribution in [0.4, 0.5) is 20.5 Å². The maximum absolute atomic E-state index is 13.5. The number of hydrogen-bond acceptors (Lipinski definition) is 7. The number of aromatic amines is 1. The van der Waals surface area contributed by atoms with E-state index in [1.807, 2.05) is 10.9 Å². The van der Waals surface area contributed by atoms with Gasteiger partial charge in [0.2, 0.25) is 5.95 Å². The fourth-order valence-corrected chi connectivity index (χ4v) is 4.64. The summed E-state index contributed by atoms with van der Waals surface area (Å²) in [7, 11) is 0. The van der Waals surface area contributed by atoms with E-state index in [2.05, 4.69) is 40.2 Å². The van der Waals surface area contributed by atoms with Gasteiger partial charge >= 0.3 is 0 Å². The van der Waals surface area contributed by atoms with Gasteiger partial charge in [0.25, 0.3) is 0 Å². The second-order valence-electron chi connectivity index (χ2n) is 8.43. The third kappa shape index (κ3) is 3.79. The molecule has 4 heterocycles. The first-order valence-corrected chi connectivity index (χ1v) is 10.8. The van der Waals surface area contributed by atoms with Crippen molar-refractivity contribution in [1.29, 1.82) is 0 Å². The molecule has 3 aromatic heterocycles. The molecule has 1 saturated heterocycles. The van der Waals surface area contributed by atoms with E-state index in [4.69, 9.17) is 0 Å². The molecule has 1 aromatic carbocycles. The van der Waals surface area contributed by atoms with E-state index in [-0.39, 0.29) is 12.1 Å². The van der Waals surface area contributed by atoms with Gasteiger partial charge in [0.05, 0.1) is 12.2 Å². The van der Waals surface area contributed by atoms with Gasteiger partial charge in [0, 0.05) is 25.3 Å². The van der Waals surface area contributed by atoms with Crippen molar-refractivity contribution in [2.24, 2.45) is 0 Å². The summed E-state index contributed by atoms with van der Waals surface area (Å²) in [6.45, 7) is 1.72. The minimum atomic E-state index is -0.813. The summed E-state index contributed by atoms with van der Waals surface area (Å²) < 4.78 is 29.0. The van der Waals surface area contributed by atoms with Crippen molar-refractivity contribution in [2.75, 3.05) is 23.3 Å². The van der Waals surface area contributed by atoms with E-state index >= 15 is 0 Å². The number of benzene rings is 1. The molecule has 4 aromatic rings. The lowest BCUT2D eigenvalue weighted by molar-refractivity contribution is 0.493. The number of H-pyrrole nitrogens is 1. The summed E-state index contributed by atoms with van der Waals surface area (Å²) in [5.74, 6) is 0.407. The third-order valence-corrected chi connectivity index (χ3v) is 6.28. The summed E-state index contributed by atoms with van der Waals surface area (Å²) in [6.07, 6.45) is 8.95. The van der Waals surface area contributed by atoms with Crippen LogP contribution >= 0.6 is 0 Å². The molecule has 33 heavy (non-hydrogen) atoms. The van der Waals surface area contributed by atoms with Crippen LogP contribution < -0.4 is 10.2 Å². The minimum absolute atomic E-state index is 0.0260. The highest BCUT2D eigenvalue weighted by Crippen LogP contribution is 2.28. The summed E-state index contributed by atoms with van der Waals surface area (Å²) in [5, 5.41) is 7.53. The molecule has 9 nitrogen and oxygen atoms in total. The molecule has 0 radical (unpaired) electrons. The molecule has 0 bridgehead atoms. The lowest BCUT2D eigenvalue weighted by atomic mass is 10.1. The van der Waals surface area contributed by atoms with Crippen molar-refractivity contribution in [3.05, 3.63) is 66.0 Å². The van der Waals surface area contributed by atoms with E-state index in [0.29, 0.717) is 30.3 Å². The zero-order valence-corrected chi connectivity index (χ0v) is 17.6. The molecule has 6 rings (SSSR count). The molecule has 1 aliphatic heterocycles. The summed E-state index contributed by atoms with van der Waals surface area (Å²) >= 11 is 0. The normalized spacial score (nSPS) is 18.1. The van der Waals surface area contributed by atoms with E-state index < -0.39 is 11.6 Å². The second-order valence-corrected chi connectivity index (χ2v) is 8.43. The van der Waals surface area contributed by atoms with E-state index in [1.54, 1.807) is 24.9 Å². The number of anilines is 2. The zero-order chi connectivity index (χ0) is 22.4. The number of imidazole rings is 1. The standard InChI is InChI=1S/C22H21F2N9/c23-17-7-13-5-15(6-14(13)8-18(17)24)29-22-26-3-1-19(30-22)21-27-9-20(31-21)32-4-2-16(10-32)33-12-25-11-28-33/h1,3,7-9,11-12,15-16H,2,4-6,10H2,(H,27,31)(H,26,29,30). The number of nitrogens with zero attached hydrogens (tertiary/aromatic N) is 7. The molecular formula is C22H21F2N9. The first-order valence-electron chi connectivity index (χ1n) is 10.8. The number of aromatic nitrogens is 7. The van der Waals surface area contributed by atoms with Crippen LogP contribution in [-0.4, -0.2) is 53.8 Å². The zero-order valence-electron chi connectivity index (χ0n) is 17.6. The Morgan fingerprint density at radius 2 is 1.91 bits per heavy atom. The highest BCUT2D eigenvalue weighted by molar-refractivity contribution is 5.55. The Labute approximate surface area is 187 Å². The van der Waals surface area contributed by atoms with Crippen LogP contribution in [0.1, 0.15) is 23.6 Å². The van der Waals surface area contributed by atoms with E-state index in [9.17, 15) is 8.78 Å². The van der Waals surface area contributed by atoms with Crippen LogP contribution in [0.25, 0.3) is 11.5 Å². The van der Waals surface area contributed by atoms with Gasteiger partial charge in [-0.05, 0) is 48.6 Å². The number of rotatable bonds is 5. The fourth-order valence-electron chi connectivity index (χ4n) is 4.64. The smallest absolute Gasteiger partial charge is 0.223 e. The molecule has 1 atom stereocenters. The summed E-state index contributed by atoms with van der Waals surface area (Å²) in [5.41, 5.74) is 2.29. The van der Waals surface area contributed by atoms with Crippen LogP contribution in [-0.2, 0) is 12.8 Å². The predicted octanol–water partition coefficient (Wildman–Crippen LogP) is 2.77. The van der Waals surface area contributed by atoms with Gasteiger partial charge in [0.1, 0.15) is 24.2 Å². The van der Waals surface area contributed by atoms with Gasteiger partial charge in [-0.15, -0.1) is 0 Å². The van der Waals surface area contributed by atoms with Crippen LogP contribution in [0, 0.1) is 11.6 Å². The van der Waals surface area contributed by atoms with Crippen LogP contribution in [0.2, 0.25) is 0 Å². The Morgan fingerprint density at radius 1 is 1.09 bits per heavy atom. The SMILES string of the molecule is Fc1cc2c(cc1F)CC(Nc1nccc(-c3ncc(N4CCC(n5cncn5)C4)[nH]3)n1)C2. The molecule has 0 saturated carbocycles.